The third-order valence-electron chi connectivity index (χ3n) is 1.37. The maximum atomic E-state index is 10.1. The molecular weight excluding hydrogens is 158 g/mol. The monoisotopic (exact) mass is 175 g/mol. The molecule has 0 aliphatic carbocycles. The Hall–Kier alpha value is -0.610. The van der Waals surface area contributed by atoms with E-state index < -0.39 is 5.97 Å². The maximum Gasteiger partial charge on any atom is 0.303 e. The molecule has 0 heterocycles. The van der Waals surface area contributed by atoms with Gasteiger partial charge in [0.1, 0.15) is 0 Å². The predicted molar refractivity (Wildman–Crippen MR) is 46.2 cm³/mol. The fourth-order valence-corrected chi connectivity index (χ4v) is 0.778. The van der Waals surface area contributed by atoms with E-state index >= 15 is 0 Å². The second kappa shape index (κ2) is 8.49. The van der Waals surface area contributed by atoms with Crippen LogP contribution in [0.3, 0.4) is 0 Å². The highest BCUT2D eigenvalue weighted by atomic mass is 16.5. The van der Waals surface area contributed by atoms with Crippen LogP contribution in [0.1, 0.15) is 19.8 Å². The van der Waals surface area contributed by atoms with Crippen LogP contribution in [0.15, 0.2) is 0 Å². The number of rotatable bonds is 8. The Morgan fingerprint density at radius 1 is 1.50 bits per heavy atom. The van der Waals surface area contributed by atoms with Gasteiger partial charge in [0.25, 0.3) is 0 Å². The average Bonchev–Trinajstić information content (AvgIpc) is 2.02. The molecule has 0 aromatic rings. The van der Waals surface area contributed by atoms with Crippen LogP contribution in [-0.2, 0) is 9.53 Å². The summed E-state index contributed by atoms with van der Waals surface area (Å²) in [5.74, 6) is -0.735. The first-order valence-electron chi connectivity index (χ1n) is 4.27. The summed E-state index contributed by atoms with van der Waals surface area (Å²) < 4.78 is 5.08. The SMILES string of the molecule is CCOCCNCCCC(=O)O. The first-order chi connectivity index (χ1) is 5.77. The highest BCUT2D eigenvalue weighted by Gasteiger charge is 1.94. The van der Waals surface area contributed by atoms with E-state index in [0.29, 0.717) is 13.0 Å². The van der Waals surface area contributed by atoms with E-state index in [2.05, 4.69) is 5.32 Å². The highest BCUT2D eigenvalue weighted by molar-refractivity contribution is 5.66. The van der Waals surface area contributed by atoms with Gasteiger partial charge in [-0.3, -0.25) is 4.79 Å². The molecule has 4 nitrogen and oxygen atoms in total. The Morgan fingerprint density at radius 3 is 2.83 bits per heavy atom. The number of ether oxygens (including phenoxy) is 1. The molecule has 12 heavy (non-hydrogen) atoms. The van der Waals surface area contributed by atoms with Crippen molar-refractivity contribution in [3.05, 3.63) is 0 Å². The molecule has 0 atom stereocenters. The average molecular weight is 175 g/mol. The molecule has 72 valence electrons. The van der Waals surface area contributed by atoms with Gasteiger partial charge in [-0.15, -0.1) is 0 Å². The Balaban J connectivity index is 2.86. The predicted octanol–water partition coefficient (Wildman–Crippen LogP) is 0.477. The second-order valence-electron chi connectivity index (χ2n) is 2.44. The van der Waals surface area contributed by atoms with Crippen LogP contribution in [0.5, 0.6) is 0 Å². The molecule has 0 saturated heterocycles. The molecular formula is C8H17NO3. The van der Waals surface area contributed by atoms with Crippen LogP contribution < -0.4 is 5.32 Å². The largest absolute Gasteiger partial charge is 0.481 e. The minimum atomic E-state index is -0.735. The lowest BCUT2D eigenvalue weighted by molar-refractivity contribution is -0.137. The summed E-state index contributed by atoms with van der Waals surface area (Å²) in [5.41, 5.74) is 0. The quantitative estimate of drug-likeness (QED) is 0.527. The molecule has 0 aliphatic rings. The summed E-state index contributed by atoms with van der Waals surface area (Å²) in [4.78, 5) is 10.1. The summed E-state index contributed by atoms with van der Waals surface area (Å²) in [6.07, 6.45) is 0.920. The van der Waals surface area contributed by atoms with Crippen molar-refractivity contribution in [3.63, 3.8) is 0 Å². The topological polar surface area (TPSA) is 58.6 Å². The van der Waals surface area contributed by atoms with Crippen LogP contribution in [0.2, 0.25) is 0 Å². The summed E-state index contributed by atoms with van der Waals surface area (Å²) in [7, 11) is 0. The lowest BCUT2D eigenvalue weighted by atomic mass is 10.3. The zero-order chi connectivity index (χ0) is 9.23. The molecule has 0 aromatic heterocycles. The van der Waals surface area contributed by atoms with Crippen molar-refractivity contribution in [3.8, 4) is 0 Å². The van der Waals surface area contributed by atoms with Crippen molar-refractivity contribution in [2.45, 2.75) is 19.8 Å². The van der Waals surface area contributed by atoms with Gasteiger partial charge in [0.2, 0.25) is 0 Å². The van der Waals surface area contributed by atoms with E-state index in [-0.39, 0.29) is 6.42 Å². The zero-order valence-corrected chi connectivity index (χ0v) is 7.51. The Morgan fingerprint density at radius 2 is 2.25 bits per heavy atom. The van der Waals surface area contributed by atoms with Crippen molar-refractivity contribution in [2.75, 3.05) is 26.3 Å². The van der Waals surface area contributed by atoms with Gasteiger partial charge in [0.15, 0.2) is 0 Å². The van der Waals surface area contributed by atoms with Crippen LogP contribution in [-0.4, -0.2) is 37.4 Å². The van der Waals surface area contributed by atoms with Gasteiger partial charge >= 0.3 is 5.97 Å². The van der Waals surface area contributed by atoms with E-state index in [1.54, 1.807) is 0 Å². The summed E-state index contributed by atoms with van der Waals surface area (Å²) in [6, 6.07) is 0. The lowest BCUT2D eigenvalue weighted by Gasteiger charge is -2.02. The normalized spacial score (nSPS) is 10.1. The van der Waals surface area contributed by atoms with Crippen molar-refractivity contribution >= 4 is 5.97 Å². The van der Waals surface area contributed by atoms with E-state index in [4.69, 9.17) is 9.84 Å². The molecule has 0 aromatic carbocycles. The molecule has 0 radical (unpaired) electrons. The molecule has 0 rings (SSSR count). The summed E-state index contributed by atoms with van der Waals surface area (Å²) >= 11 is 0. The van der Waals surface area contributed by atoms with E-state index in [1.165, 1.54) is 0 Å². The first kappa shape index (κ1) is 11.4. The highest BCUT2D eigenvalue weighted by Crippen LogP contribution is 1.85. The molecule has 0 spiro atoms. The Bertz CT molecular complexity index is 117. The summed E-state index contributed by atoms with van der Waals surface area (Å²) in [5, 5.41) is 11.4. The fourth-order valence-electron chi connectivity index (χ4n) is 0.778. The lowest BCUT2D eigenvalue weighted by Crippen LogP contribution is -2.21. The van der Waals surface area contributed by atoms with Crippen LogP contribution in [0.4, 0.5) is 0 Å². The first-order valence-corrected chi connectivity index (χ1v) is 4.27. The number of nitrogens with one attached hydrogen (secondary N) is 1. The van der Waals surface area contributed by atoms with Gasteiger partial charge in [0.05, 0.1) is 6.61 Å². The van der Waals surface area contributed by atoms with Crippen LogP contribution >= 0.6 is 0 Å². The number of hydrogen-bond donors (Lipinski definition) is 2. The van der Waals surface area contributed by atoms with E-state index in [9.17, 15) is 4.79 Å². The molecule has 0 saturated carbocycles. The second-order valence-corrected chi connectivity index (χ2v) is 2.44. The van der Waals surface area contributed by atoms with Gasteiger partial charge < -0.3 is 15.2 Å². The molecule has 0 fully saturated rings. The molecule has 2 N–H and O–H groups in total. The number of carboxylic acids is 1. The van der Waals surface area contributed by atoms with Gasteiger partial charge in [0, 0.05) is 19.6 Å². The van der Waals surface area contributed by atoms with Crippen molar-refractivity contribution in [2.24, 2.45) is 0 Å². The van der Waals surface area contributed by atoms with Crippen LogP contribution in [0, 0.1) is 0 Å². The van der Waals surface area contributed by atoms with Gasteiger partial charge in [-0.2, -0.15) is 0 Å². The van der Waals surface area contributed by atoms with Crippen molar-refractivity contribution in [1.29, 1.82) is 0 Å². The Labute approximate surface area is 72.9 Å². The molecule has 0 amide bonds. The van der Waals surface area contributed by atoms with Gasteiger partial charge in [-0.05, 0) is 19.9 Å². The van der Waals surface area contributed by atoms with Gasteiger partial charge in [-0.1, -0.05) is 0 Å². The van der Waals surface area contributed by atoms with Gasteiger partial charge in [-0.25, -0.2) is 0 Å². The van der Waals surface area contributed by atoms with E-state index in [0.717, 1.165) is 19.7 Å². The zero-order valence-electron chi connectivity index (χ0n) is 7.51. The fraction of sp³-hybridized carbons (Fsp3) is 0.875. The standard InChI is InChI=1S/C8H17NO3/c1-2-12-7-6-9-5-3-4-8(10)11/h9H,2-7H2,1H3,(H,10,11). The summed E-state index contributed by atoms with van der Waals surface area (Å²) in [6.45, 7) is 4.93. The smallest absolute Gasteiger partial charge is 0.303 e. The number of carboxylic acid groups (broad SMARTS) is 1. The third-order valence-corrected chi connectivity index (χ3v) is 1.37. The van der Waals surface area contributed by atoms with E-state index in [1.807, 2.05) is 6.92 Å². The molecule has 0 unspecified atom stereocenters. The number of hydrogen-bond acceptors (Lipinski definition) is 3. The Kier molecular flexibility index (Phi) is 8.05. The minimum absolute atomic E-state index is 0.238. The van der Waals surface area contributed by atoms with Crippen molar-refractivity contribution in [1.82, 2.24) is 5.32 Å². The van der Waals surface area contributed by atoms with Crippen molar-refractivity contribution < 1.29 is 14.6 Å². The number of carbonyl (C=O) groups is 1. The minimum Gasteiger partial charge on any atom is -0.481 e. The molecule has 0 aliphatic heterocycles. The molecule has 0 bridgehead atoms. The third kappa shape index (κ3) is 9.39. The number of aliphatic carboxylic acids is 1. The maximum absolute atomic E-state index is 10.1. The van der Waals surface area contributed by atoms with Crippen LogP contribution in [0.25, 0.3) is 0 Å². The molecule has 4 heteroatoms.